The van der Waals surface area contributed by atoms with Crippen LogP contribution in [0.15, 0.2) is 46.9 Å². The summed E-state index contributed by atoms with van der Waals surface area (Å²) in [5.74, 6) is -0.217. The van der Waals surface area contributed by atoms with E-state index in [0.717, 1.165) is 0 Å². The number of ether oxygens (including phenoxy) is 1. The third-order valence-corrected chi connectivity index (χ3v) is 3.44. The first-order valence-electron chi connectivity index (χ1n) is 5.99. The molecule has 0 saturated heterocycles. The smallest absolute Gasteiger partial charge is 0.387 e. The maximum Gasteiger partial charge on any atom is 0.387 e. The number of carbonyl (C=O) groups is 1. The summed E-state index contributed by atoms with van der Waals surface area (Å²) in [6, 6.07) is 9.49. The van der Waals surface area contributed by atoms with E-state index in [1.165, 1.54) is 23.5 Å². The molecule has 0 fully saturated rings. The Morgan fingerprint density at radius 3 is 2.57 bits per heavy atom. The minimum atomic E-state index is -2.85. The van der Waals surface area contributed by atoms with Crippen LogP contribution in [-0.4, -0.2) is 18.2 Å². The van der Waals surface area contributed by atoms with Crippen molar-refractivity contribution in [1.82, 2.24) is 5.43 Å². The van der Waals surface area contributed by atoms with Gasteiger partial charge in [-0.25, -0.2) is 5.43 Å². The minimum Gasteiger partial charge on any atom is -0.435 e. The molecule has 2 aromatic rings. The average Bonchev–Trinajstić information content (AvgIpc) is 2.99. The lowest BCUT2D eigenvalue weighted by Crippen LogP contribution is -2.18. The van der Waals surface area contributed by atoms with Crippen molar-refractivity contribution in [2.45, 2.75) is 13.5 Å². The highest BCUT2D eigenvalue weighted by Gasteiger charge is 2.07. The predicted octanol–water partition coefficient (Wildman–Crippen LogP) is 3.50. The number of hydrogen-bond donors (Lipinski definition) is 1. The second-order valence-corrected chi connectivity index (χ2v) is 4.97. The number of halogens is 2. The highest BCUT2D eigenvalue weighted by Crippen LogP contribution is 2.15. The maximum absolute atomic E-state index is 12.0. The number of thiophene rings is 1. The van der Waals surface area contributed by atoms with Crippen LogP contribution in [0.4, 0.5) is 8.78 Å². The van der Waals surface area contributed by atoms with E-state index in [4.69, 9.17) is 0 Å². The van der Waals surface area contributed by atoms with E-state index in [1.54, 1.807) is 36.6 Å². The summed E-state index contributed by atoms with van der Waals surface area (Å²) in [4.78, 5) is 12.3. The third kappa shape index (κ3) is 4.35. The molecule has 0 aliphatic heterocycles. The van der Waals surface area contributed by atoms with Gasteiger partial charge in [-0.2, -0.15) is 13.9 Å². The van der Waals surface area contributed by atoms with Gasteiger partial charge in [0, 0.05) is 0 Å². The monoisotopic (exact) mass is 310 g/mol. The first kappa shape index (κ1) is 15.1. The third-order valence-electron chi connectivity index (χ3n) is 2.57. The first-order chi connectivity index (χ1) is 10.1. The number of hydrazone groups is 1. The molecule has 0 bridgehead atoms. The van der Waals surface area contributed by atoms with Crippen molar-refractivity contribution in [3.05, 3.63) is 52.2 Å². The highest BCUT2D eigenvalue weighted by atomic mass is 32.1. The van der Waals surface area contributed by atoms with E-state index in [2.05, 4.69) is 15.3 Å². The number of benzene rings is 1. The van der Waals surface area contributed by atoms with Crippen molar-refractivity contribution in [3.8, 4) is 5.75 Å². The van der Waals surface area contributed by atoms with Gasteiger partial charge in [-0.05, 0) is 48.2 Å². The van der Waals surface area contributed by atoms with Gasteiger partial charge < -0.3 is 4.74 Å². The van der Waals surface area contributed by atoms with Gasteiger partial charge in [0.1, 0.15) is 5.75 Å². The second-order valence-electron chi connectivity index (χ2n) is 4.02. The van der Waals surface area contributed by atoms with Crippen molar-refractivity contribution in [1.29, 1.82) is 0 Å². The van der Waals surface area contributed by atoms with E-state index in [9.17, 15) is 13.6 Å². The lowest BCUT2D eigenvalue weighted by Gasteiger charge is -2.06. The van der Waals surface area contributed by atoms with Gasteiger partial charge in [-0.15, -0.1) is 11.3 Å². The summed E-state index contributed by atoms with van der Waals surface area (Å²) in [5, 5.41) is 5.77. The lowest BCUT2D eigenvalue weighted by atomic mass is 10.1. The van der Waals surface area contributed by atoms with Gasteiger partial charge in [0.15, 0.2) is 0 Å². The van der Waals surface area contributed by atoms with Crippen LogP contribution < -0.4 is 10.2 Å². The highest BCUT2D eigenvalue weighted by molar-refractivity contribution is 7.12. The van der Waals surface area contributed by atoms with Crippen LogP contribution in [0.2, 0.25) is 0 Å². The Labute approximate surface area is 124 Å². The predicted molar refractivity (Wildman–Crippen MR) is 77.1 cm³/mol. The summed E-state index contributed by atoms with van der Waals surface area (Å²) in [6.07, 6.45) is 0. The Balaban J connectivity index is 2.00. The van der Waals surface area contributed by atoms with Crippen LogP contribution in [0.1, 0.15) is 22.2 Å². The van der Waals surface area contributed by atoms with Gasteiger partial charge >= 0.3 is 6.61 Å². The Morgan fingerprint density at radius 2 is 2.00 bits per heavy atom. The SMILES string of the molecule is CC(=NNC(=O)c1cccs1)c1ccc(OC(F)F)cc1. The number of nitrogens with one attached hydrogen (secondary N) is 1. The largest absolute Gasteiger partial charge is 0.435 e. The number of nitrogens with zero attached hydrogens (tertiary/aromatic N) is 1. The zero-order chi connectivity index (χ0) is 15.2. The van der Waals surface area contributed by atoms with Crippen LogP contribution in [-0.2, 0) is 0 Å². The topological polar surface area (TPSA) is 50.7 Å². The zero-order valence-corrected chi connectivity index (χ0v) is 11.9. The Bertz CT molecular complexity index is 625. The lowest BCUT2D eigenvalue weighted by molar-refractivity contribution is -0.0498. The van der Waals surface area contributed by atoms with Crippen molar-refractivity contribution < 1.29 is 18.3 Å². The molecule has 2 rings (SSSR count). The van der Waals surface area contributed by atoms with E-state index in [0.29, 0.717) is 16.2 Å². The Kier molecular flexibility index (Phi) is 4.99. The molecule has 1 aromatic carbocycles. The van der Waals surface area contributed by atoms with Gasteiger partial charge in [-0.1, -0.05) is 6.07 Å². The summed E-state index contributed by atoms with van der Waals surface area (Å²) in [6.45, 7) is -1.15. The molecule has 0 aliphatic rings. The van der Waals surface area contributed by atoms with E-state index < -0.39 is 6.61 Å². The molecule has 110 valence electrons. The van der Waals surface area contributed by atoms with E-state index >= 15 is 0 Å². The van der Waals surface area contributed by atoms with Crippen molar-refractivity contribution >= 4 is 23.0 Å². The van der Waals surface area contributed by atoms with E-state index in [-0.39, 0.29) is 11.7 Å². The van der Waals surface area contributed by atoms with Crippen molar-refractivity contribution in [2.24, 2.45) is 5.10 Å². The molecule has 4 nitrogen and oxygen atoms in total. The summed E-state index contributed by atoms with van der Waals surface area (Å²) >= 11 is 1.32. The molecule has 1 amide bonds. The fourth-order valence-electron chi connectivity index (χ4n) is 1.54. The fourth-order valence-corrected chi connectivity index (χ4v) is 2.15. The number of carbonyl (C=O) groups excluding carboxylic acids is 1. The molecule has 1 N–H and O–H groups in total. The molecule has 0 radical (unpaired) electrons. The number of alkyl halides is 2. The van der Waals surface area contributed by atoms with Gasteiger partial charge in [-0.3, -0.25) is 4.79 Å². The summed E-state index contributed by atoms with van der Waals surface area (Å²) in [7, 11) is 0. The van der Waals surface area contributed by atoms with E-state index in [1.807, 2.05) is 0 Å². The Hall–Kier alpha value is -2.28. The molecule has 1 heterocycles. The molecule has 7 heteroatoms. The summed E-state index contributed by atoms with van der Waals surface area (Å²) < 4.78 is 28.3. The average molecular weight is 310 g/mol. The maximum atomic E-state index is 12.0. The number of amides is 1. The van der Waals surface area contributed by atoms with Crippen LogP contribution in [0.5, 0.6) is 5.75 Å². The van der Waals surface area contributed by atoms with Gasteiger partial charge in [0.25, 0.3) is 5.91 Å². The normalized spacial score (nSPS) is 11.5. The molecular formula is C14H12F2N2O2S. The van der Waals surface area contributed by atoms with Crippen LogP contribution >= 0.6 is 11.3 Å². The van der Waals surface area contributed by atoms with Gasteiger partial charge in [0.2, 0.25) is 0 Å². The molecule has 0 aliphatic carbocycles. The molecular weight excluding hydrogens is 298 g/mol. The second kappa shape index (κ2) is 6.94. The van der Waals surface area contributed by atoms with Crippen LogP contribution in [0.25, 0.3) is 0 Å². The zero-order valence-electron chi connectivity index (χ0n) is 11.0. The molecule has 21 heavy (non-hydrogen) atoms. The van der Waals surface area contributed by atoms with Gasteiger partial charge in [0.05, 0.1) is 10.6 Å². The van der Waals surface area contributed by atoms with Crippen LogP contribution in [0, 0.1) is 0 Å². The molecule has 0 atom stereocenters. The first-order valence-corrected chi connectivity index (χ1v) is 6.87. The fraction of sp³-hybridized carbons (Fsp3) is 0.143. The molecule has 0 spiro atoms. The van der Waals surface area contributed by atoms with Crippen LogP contribution in [0.3, 0.4) is 0 Å². The standard InChI is InChI=1S/C14H12F2N2O2S/c1-9(17-18-13(19)12-3-2-8-21-12)10-4-6-11(7-5-10)20-14(15)16/h2-8,14H,1H3,(H,18,19). The van der Waals surface area contributed by atoms with Crippen molar-refractivity contribution in [3.63, 3.8) is 0 Å². The quantitative estimate of drug-likeness (QED) is 0.679. The molecule has 0 unspecified atom stereocenters. The number of hydrogen-bond acceptors (Lipinski definition) is 4. The minimum absolute atomic E-state index is 0.0733. The number of rotatable bonds is 5. The van der Waals surface area contributed by atoms with Crippen molar-refractivity contribution in [2.75, 3.05) is 0 Å². The Morgan fingerprint density at radius 1 is 1.29 bits per heavy atom. The summed E-state index contributed by atoms with van der Waals surface area (Å²) in [5.41, 5.74) is 3.69. The molecule has 1 aromatic heterocycles. The molecule has 0 saturated carbocycles.